The molecular weight excluding hydrogens is 228 g/mol. The molecule has 4 nitrogen and oxygen atoms in total. The highest BCUT2D eigenvalue weighted by Crippen LogP contribution is 2.26. The molecule has 0 radical (unpaired) electrons. The molecule has 0 aromatic rings. The SMILES string of the molecule is CCN1CCC(C(CNC2CCC2)C(=O)OC)C1. The van der Waals surface area contributed by atoms with Crippen LogP contribution in [0.3, 0.4) is 0 Å². The first-order valence-corrected chi connectivity index (χ1v) is 7.28. The molecule has 2 fully saturated rings. The molecule has 1 aliphatic carbocycles. The Balaban J connectivity index is 1.85. The van der Waals surface area contributed by atoms with E-state index in [-0.39, 0.29) is 11.9 Å². The summed E-state index contributed by atoms with van der Waals surface area (Å²) in [6.07, 6.45) is 4.98. The third kappa shape index (κ3) is 3.23. The number of ether oxygens (including phenoxy) is 1. The second-order valence-electron chi connectivity index (χ2n) is 5.61. The van der Waals surface area contributed by atoms with E-state index in [2.05, 4.69) is 17.1 Å². The highest BCUT2D eigenvalue weighted by molar-refractivity contribution is 5.73. The Hall–Kier alpha value is -0.610. The van der Waals surface area contributed by atoms with Crippen LogP contribution < -0.4 is 5.32 Å². The van der Waals surface area contributed by atoms with E-state index in [0.29, 0.717) is 12.0 Å². The van der Waals surface area contributed by atoms with E-state index in [0.717, 1.165) is 32.6 Å². The van der Waals surface area contributed by atoms with Crippen molar-refractivity contribution in [1.82, 2.24) is 10.2 Å². The summed E-state index contributed by atoms with van der Waals surface area (Å²) in [5.41, 5.74) is 0. The topological polar surface area (TPSA) is 41.6 Å². The summed E-state index contributed by atoms with van der Waals surface area (Å²) in [7, 11) is 1.51. The number of likely N-dealkylation sites (tertiary alicyclic amines) is 1. The van der Waals surface area contributed by atoms with E-state index < -0.39 is 0 Å². The molecule has 2 rings (SSSR count). The fourth-order valence-electron chi connectivity index (χ4n) is 2.98. The molecule has 2 aliphatic rings. The molecule has 1 saturated heterocycles. The molecular formula is C14H26N2O2. The molecule has 1 N–H and O–H groups in total. The van der Waals surface area contributed by atoms with Crippen LogP contribution in [0.5, 0.6) is 0 Å². The van der Waals surface area contributed by atoms with Gasteiger partial charge >= 0.3 is 5.97 Å². The summed E-state index contributed by atoms with van der Waals surface area (Å²) in [4.78, 5) is 14.4. The van der Waals surface area contributed by atoms with Gasteiger partial charge in [-0.25, -0.2) is 0 Å². The molecule has 2 atom stereocenters. The summed E-state index contributed by atoms with van der Waals surface area (Å²) < 4.78 is 4.98. The number of carbonyl (C=O) groups excluding carboxylic acids is 1. The van der Waals surface area contributed by atoms with Crippen molar-refractivity contribution in [1.29, 1.82) is 0 Å². The Morgan fingerprint density at radius 1 is 1.44 bits per heavy atom. The molecule has 0 bridgehead atoms. The van der Waals surface area contributed by atoms with E-state index in [1.807, 2.05) is 0 Å². The van der Waals surface area contributed by atoms with E-state index in [9.17, 15) is 4.79 Å². The van der Waals surface area contributed by atoms with Gasteiger partial charge in [0.05, 0.1) is 13.0 Å². The van der Waals surface area contributed by atoms with E-state index in [1.54, 1.807) is 0 Å². The summed E-state index contributed by atoms with van der Waals surface area (Å²) in [5, 5.41) is 3.52. The largest absolute Gasteiger partial charge is 0.469 e. The van der Waals surface area contributed by atoms with Gasteiger partial charge in [0.1, 0.15) is 0 Å². The number of esters is 1. The highest BCUT2D eigenvalue weighted by Gasteiger charge is 2.34. The predicted molar refractivity (Wildman–Crippen MR) is 71.4 cm³/mol. The monoisotopic (exact) mass is 254 g/mol. The van der Waals surface area contributed by atoms with Crippen molar-refractivity contribution in [3.05, 3.63) is 0 Å². The minimum Gasteiger partial charge on any atom is -0.469 e. The zero-order chi connectivity index (χ0) is 13.0. The first-order chi connectivity index (χ1) is 8.74. The fraction of sp³-hybridized carbons (Fsp3) is 0.929. The normalized spacial score (nSPS) is 26.9. The summed E-state index contributed by atoms with van der Waals surface area (Å²) in [6.45, 7) is 6.23. The third-order valence-corrected chi connectivity index (χ3v) is 4.56. The van der Waals surface area contributed by atoms with Gasteiger partial charge in [-0.05, 0) is 38.3 Å². The quantitative estimate of drug-likeness (QED) is 0.725. The van der Waals surface area contributed by atoms with Crippen molar-refractivity contribution in [3.63, 3.8) is 0 Å². The predicted octanol–water partition coefficient (Wildman–Crippen LogP) is 1.26. The molecule has 0 spiro atoms. The van der Waals surface area contributed by atoms with Gasteiger partial charge < -0.3 is 15.0 Å². The Morgan fingerprint density at radius 2 is 2.22 bits per heavy atom. The maximum atomic E-state index is 11.9. The molecule has 1 aliphatic heterocycles. The molecule has 2 unspecified atom stereocenters. The minimum absolute atomic E-state index is 0.0344. The van der Waals surface area contributed by atoms with Crippen molar-refractivity contribution in [3.8, 4) is 0 Å². The first-order valence-electron chi connectivity index (χ1n) is 7.28. The molecule has 1 saturated carbocycles. The van der Waals surface area contributed by atoms with Gasteiger partial charge in [0, 0.05) is 19.1 Å². The lowest BCUT2D eigenvalue weighted by molar-refractivity contribution is -0.147. The van der Waals surface area contributed by atoms with Crippen LogP contribution in [-0.4, -0.2) is 50.2 Å². The van der Waals surface area contributed by atoms with Gasteiger partial charge in [-0.1, -0.05) is 13.3 Å². The van der Waals surface area contributed by atoms with Gasteiger partial charge in [0.25, 0.3) is 0 Å². The number of nitrogens with zero attached hydrogens (tertiary/aromatic N) is 1. The van der Waals surface area contributed by atoms with Crippen LogP contribution in [-0.2, 0) is 9.53 Å². The molecule has 104 valence electrons. The lowest BCUT2D eigenvalue weighted by atomic mass is 9.89. The van der Waals surface area contributed by atoms with E-state index in [4.69, 9.17) is 4.74 Å². The summed E-state index contributed by atoms with van der Waals surface area (Å²) in [5.74, 6) is 0.460. The number of carbonyl (C=O) groups is 1. The van der Waals surface area contributed by atoms with Gasteiger partial charge in [0.15, 0.2) is 0 Å². The molecule has 18 heavy (non-hydrogen) atoms. The maximum absolute atomic E-state index is 11.9. The van der Waals surface area contributed by atoms with Gasteiger partial charge in [0.2, 0.25) is 0 Å². The van der Waals surface area contributed by atoms with Crippen LogP contribution in [0.1, 0.15) is 32.6 Å². The van der Waals surface area contributed by atoms with Crippen molar-refractivity contribution in [2.24, 2.45) is 11.8 Å². The van der Waals surface area contributed by atoms with Gasteiger partial charge in [-0.2, -0.15) is 0 Å². The van der Waals surface area contributed by atoms with Gasteiger partial charge in [-0.15, -0.1) is 0 Å². The smallest absolute Gasteiger partial charge is 0.310 e. The van der Waals surface area contributed by atoms with Crippen molar-refractivity contribution >= 4 is 5.97 Å². The van der Waals surface area contributed by atoms with Crippen LogP contribution in [0.4, 0.5) is 0 Å². The van der Waals surface area contributed by atoms with Crippen LogP contribution >= 0.6 is 0 Å². The Morgan fingerprint density at radius 3 is 2.72 bits per heavy atom. The second-order valence-corrected chi connectivity index (χ2v) is 5.61. The number of nitrogens with one attached hydrogen (secondary N) is 1. The third-order valence-electron chi connectivity index (χ3n) is 4.56. The summed E-state index contributed by atoms with van der Waals surface area (Å²) >= 11 is 0. The first kappa shape index (κ1) is 13.8. The Bertz CT molecular complexity index is 279. The number of rotatable bonds is 6. The zero-order valence-electron chi connectivity index (χ0n) is 11.7. The van der Waals surface area contributed by atoms with E-state index >= 15 is 0 Å². The summed E-state index contributed by atoms with van der Waals surface area (Å²) in [6, 6.07) is 0.640. The Labute approximate surface area is 110 Å². The van der Waals surface area contributed by atoms with Crippen LogP contribution in [0.25, 0.3) is 0 Å². The molecule has 1 heterocycles. The molecule has 0 aromatic heterocycles. The highest BCUT2D eigenvalue weighted by atomic mass is 16.5. The van der Waals surface area contributed by atoms with Crippen LogP contribution in [0.2, 0.25) is 0 Å². The Kier molecular flexibility index (Phi) is 5.01. The van der Waals surface area contributed by atoms with Crippen molar-refractivity contribution < 1.29 is 9.53 Å². The average Bonchev–Trinajstić information content (AvgIpc) is 2.80. The van der Waals surface area contributed by atoms with E-state index in [1.165, 1.54) is 26.4 Å². The fourth-order valence-corrected chi connectivity index (χ4v) is 2.98. The molecule has 4 heteroatoms. The zero-order valence-corrected chi connectivity index (χ0v) is 11.7. The lowest BCUT2D eigenvalue weighted by Crippen LogP contribution is -2.43. The van der Waals surface area contributed by atoms with Crippen LogP contribution in [0.15, 0.2) is 0 Å². The molecule has 0 amide bonds. The lowest BCUT2D eigenvalue weighted by Gasteiger charge is -2.30. The number of methoxy groups -OCH3 is 1. The molecule has 0 aromatic carbocycles. The standard InChI is InChI=1S/C14H26N2O2/c1-3-16-8-7-11(10-16)13(14(17)18-2)9-15-12-5-4-6-12/h11-13,15H,3-10H2,1-2H3. The average molecular weight is 254 g/mol. The van der Waals surface area contributed by atoms with Crippen molar-refractivity contribution in [2.75, 3.05) is 33.3 Å². The maximum Gasteiger partial charge on any atom is 0.310 e. The van der Waals surface area contributed by atoms with Gasteiger partial charge in [-0.3, -0.25) is 4.79 Å². The van der Waals surface area contributed by atoms with Crippen LogP contribution in [0, 0.1) is 11.8 Å². The van der Waals surface area contributed by atoms with Crippen molar-refractivity contribution in [2.45, 2.75) is 38.6 Å². The number of hydrogen-bond donors (Lipinski definition) is 1. The second kappa shape index (κ2) is 6.53. The number of hydrogen-bond acceptors (Lipinski definition) is 4. The minimum atomic E-state index is -0.0372.